The van der Waals surface area contributed by atoms with Crippen LogP contribution >= 0.6 is 28.1 Å². The molecule has 0 unspecified atom stereocenters. The number of methoxy groups -OCH3 is 1. The topological polar surface area (TPSA) is 46.2 Å². The lowest BCUT2D eigenvalue weighted by atomic mass is 10.1. The van der Waals surface area contributed by atoms with Crippen molar-refractivity contribution >= 4 is 39.1 Å². The maximum Gasteiger partial charge on any atom is 0.171 e. The summed E-state index contributed by atoms with van der Waals surface area (Å²) in [6.07, 6.45) is 2.55. The maximum atomic E-state index is 5.32. The van der Waals surface area contributed by atoms with E-state index < -0.39 is 0 Å². The van der Waals surface area contributed by atoms with Crippen LogP contribution in [0.1, 0.15) is 5.56 Å². The van der Waals surface area contributed by atoms with Crippen LogP contribution in [0.3, 0.4) is 0 Å². The summed E-state index contributed by atoms with van der Waals surface area (Å²) in [5.41, 5.74) is 1.15. The average molecular weight is 366 g/mol. The molecule has 1 heterocycles. The van der Waals surface area contributed by atoms with Gasteiger partial charge in [-0.3, -0.25) is 0 Å². The Morgan fingerprint density at radius 3 is 2.81 bits per heavy atom. The Morgan fingerprint density at radius 1 is 1.29 bits per heavy atom. The van der Waals surface area contributed by atoms with Crippen molar-refractivity contribution in [1.82, 2.24) is 10.3 Å². The predicted octanol–water partition coefficient (Wildman–Crippen LogP) is 3.38. The molecule has 6 heteroatoms. The summed E-state index contributed by atoms with van der Waals surface area (Å²) < 4.78 is 6.25. The normalized spacial score (nSPS) is 10.0. The Kier molecular flexibility index (Phi) is 5.95. The Morgan fingerprint density at radius 2 is 2.10 bits per heavy atom. The van der Waals surface area contributed by atoms with Gasteiger partial charge in [-0.2, -0.15) is 0 Å². The van der Waals surface area contributed by atoms with Crippen LogP contribution in [0.2, 0.25) is 0 Å². The molecule has 0 aliphatic carbocycles. The summed E-state index contributed by atoms with van der Waals surface area (Å²) in [7, 11) is 1.68. The van der Waals surface area contributed by atoms with Crippen molar-refractivity contribution in [3.05, 3.63) is 52.6 Å². The predicted molar refractivity (Wildman–Crippen MR) is 92.9 cm³/mol. The summed E-state index contributed by atoms with van der Waals surface area (Å²) >= 11 is 8.58. The van der Waals surface area contributed by atoms with Gasteiger partial charge in [-0.25, -0.2) is 4.98 Å². The molecule has 21 heavy (non-hydrogen) atoms. The highest BCUT2D eigenvalue weighted by Crippen LogP contribution is 2.17. The molecule has 2 rings (SSSR count). The molecule has 110 valence electrons. The third-order valence-corrected chi connectivity index (χ3v) is 3.56. The molecule has 1 aromatic carbocycles. The maximum absolute atomic E-state index is 5.32. The van der Waals surface area contributed by atoms with E-state index in [0.29, 0.717) is 10.9 Å². The number of benzene rings is 1. The molecular formula is C15H16BrN3OS. The molecule has 0 amide bonds. The molecule has 0 aliphatic heterocycles. The Labute approximate surface area is 138 Å². The first kappa shape index (κ1) is 15.7. The summed E-state index contributed by atoms with van der Waals surface area (Å²) in [5, 5.41) is 6.76. The van der Waals surface area contributed by atoms with E-state index in [1.165, 1.54) is 0 Å². The largest absolute Gasteiger partial charge is 0.496 e. The highest BCUT2D eigenvalue weighted by molar-refractivity contribution is 9.10. The zero-order chi connectivity index (χ0) is 15.1. The van der Waals surface area contributed by atoms with E-state index in [2.05, 4.69) is 31.5 Å². The SMILES string of the molecule is COc1ccccc1CCNC(=S)Nc1ccc(Br)cn1. The van der Waals surface area contributed by atoms with Crippen molar-refractivity contribution in [2.45, 2.75) is 6.42 Å². The Hall–Kier alpha value is -1.66. The molecule has 0 bridgehead atoms. The van der Waals surface area contributed by atoms with Gasteiger partial charge in [0.05, 0.1) is 7.11 Å². The van der Waals surface area contributed by atoms with Crippen LogP contribution in [0.15, 0.2) is 47.1 Å². The second kappa shape index (κ2) is 7.95. The molecule has 0 radical (unpaired) electrons. The zero-order valence-electron chi connectivity index (χ0n) is 11.6. The zero-order valence-corrected chi connectivity index (χ0v) is 14.0. The summed E-state index contributed by atoms with van der Waals surface area (Å²) in [6, 6.07) is 11.7. The first-order valence-corrected chi connectivity index (χ1v) is 7.67. The molecule has 0 saturated heterocycles. The minimum Gasteiger partial charge on any atom is -0.496 e. The highest BCUT2D eigenvalue weighted by Gasteiger charge is 2.02. The smallest absolute Gasteiger partial charge is 0.171 e. The van der Waals surface area contributed by atoms with E-state index in [4.69, 9.17) is 17.0 Å². The highest BCUT2D eigenvalue weighted by atomic mass is 79.9. The van der Waals surface area contributed by atoms with Crippen LogP contribution in [0.5, 0.6) is 5.75 Å². The van der Waals surface area contributed by atoms with E-state index in [9.17, 15) is 0 Å². The Bertz CT molecular complexity index is 604. The van der Waals surface area contributed by atoms with Crippen LogP contribution in [0.25, 0.3) is 0 Å². The van der Waals surface area contributed by atoms with Crippen molar-refractivity contribution < 1.29 is 4.74 Å². The van der Waals surface area contributed by atoms with E-state index in [0.717, 1.165) is 28.8 Å². The van der Waals surface area contributed by atoms with Crippen LogP contribution in [0, 0.1) is 0 Å². The van der Waals surface area contributed by atoms with Gasteiger partial charge in [0.1, 0.15) is 11.6 Å². The molecule has 2 N–H and O–H groups in total. The van der Waals surface area contributed by atoms with Crippen molar-refractivity contribution in [3.63, 3.8) is 0 Å². The Balaban J connectivity index is 1.80. The van der Waals surface area contributed by atoms with Gasteiger partial charge in [0, 0.05) is 17.2 Å². The lowest BCUT2D eigenvalue weighted by molar-refractivity contribution is 0.409. The first-order chi connectivity index (χ1) is 10.2. The molecule has 0 spiro atoms. The molecule has 0 atom stereocenters. The molecule has 0 fully saturated rings. The number of ether oxygens (including phenoxy) is 1. The number of aromatic nitrogens is 1. The minimum absolute atomic E-state index is 0.555. The second-order valence-electron chi connectivity index (χ2n) is 4.30. The van der Waals surface area contributed by atoms with Crippen LogP contribution in [-0.2, 0) is 6.42 Å². The van der Waals surface area contributed by atoms with Gasteiger partial charge in [-0.15, -0.1) is 0 Å². The van der Waals surface area contributed by atoms with Crippen molar-refractivity contribution in [2.75, 3.05) is 19.0 Å². The third-order valence-electron chi connectivity index (χ3n) is 2.84. The molecule has 1 aromatic heterocycles. The number of para-hydroxylation sites is 1. The number of halogens is 1. The monoisotopic (exact) mass is 365 g/mol. The average Bonchev–Trinajstić information content (AvgIpc) is 2.50. The van der Waals surface area contributed by atoms with Gasteiger partial charge in [0.25, 0.3) is 0 Å². The van der Waals surface area contributed by atoms with Gasteiger partial charge in [0.15, 0.2) is 5.11 Å². The van der Waals surface area contributed by atoms with Crippen LogP contribution in [0.4, 0.5) is 5.82 Å². The second-order valence-corrected chi connectivity index (χ2v) is 5.63. The van der Waals surface area contributed by atoms with E-state index in [-0.39, 0.29) is 0 Å². The molecule has 0 saturated carbocycles. The summed E-state index contributed by atoms with van der Waals surface area (Å²) in [6.45, 7) is 0.725. The summed E-state index contributed by atoms with van der Waals surface area (Å²) in [4.78, 5) is 4.21. The number of anilines is 1. The van der Waals surface area contributed by atoms with Gasteiger partial charge >= 0.3 is 0 Å². The van der Waals surface area contributed by atoms with Gasteiger partial charge in [-0.1, -0.05) is 18.2 Å². The van der Waals surface area contributed by atoms with Crippen molar-refractivity contribution in [3.8, 4) is 5.75 Å². The van der Waals surface area contributed by atoms with E-state index >= 15 is 0 Å². The number of hydrogen-bond donors (Lipinski definition) is 2. The van der Waals surface area contributed by atoms with E-state index in [1.54, 1.807) is 13.3 Å². The van der Waals surface area contributed by atoms with Crippen molar-refractivity contribution in [2.24, 2.45) is 0 Å². The van der Waals surface area contributed by atoms with Crippen molar-refractivity contribution in [1.29, 1.82) is 0 Å². The van der Waals surface area contributed by atoms with Gasteiger partial charge in [0.2, 0.25) is 0 Å². The van der Waals surface area contributed by atoms with Crippen LogP contribution < -0.4 is 15.4 Å². The number of hydrogen-bond acceptors (Lipinski definition) is 3. The lowest BCUT2D eigenvalue weighted by Gasteiger charge is -2.11. The number of rotatable bonds is 5. The fourth-order valence-corrected chi connectivity index (χ4v) is 2.27. The van der Waals surface area contributed by atoms with E-state index in [1.807, 2.05) is 36.4 Å². The lowest BCUT2D eigenvalue weighted by Crippen LogP contribution is -2.30. The minimum atomic E-state index is 0.555. The summed E-state index contributed by atoms with van der Waals surface area (Å²) in [5.74, 6) is 1.61. The number of thiocarbonyl (C=S) groups is 1. The van der Waals surface area contributed by atoms with Gasteiger partial charge in [-0.05, 0) is 58.3 Å². The molecular weight excluding hydrogens is 350 g/mol. The van der Waals surface area contributed by atoms with Crippen LogP contribution in [-0.4, -0.2) is 23.8 Å². The molecule has 4 nitrogen and oxygen atoms in total. The fourth-order valence-electron chi connectivity index (χ4n) is 1.83. The standard InChI is InChI=1S/C15H16BrN3OS/c1-20-13-5-3-2-4-11(13)8-9-17-15(21)19-14-7-6-12(16)10-18-14/h2-7,10H,8-9H2,1H3,(H2,17,18,19,21). The fraction of sp³-hybridized carbons (Fsp3) is 0.200. The number of pyridine rings is 1. The third kappa shape index (κ3) is 4.99. The van der Waals surface area contributed by atoms with Gasteiger partial charge < -0.3 is 15.4 Å². The number of nitrogens with zero attached hydrogens (tertiary/aromatic N) is 1. The number of nitrogens with one attached hydrogen (secondary N) is 2. The molecule has 0 aliphatic rings. The first-order valence-electron chi connectivity index (χ1n) is 6.47. The quantitative estimate of drug-likeness (QED) is 0.795. The molecule has 2 aromatic rings.